The molecule has 0 aliphatic carbocycles. The average molecular weight is 277 g/mol. The first kappa shape index (κ1) is 13.6. The SMILES string of the molecule is O=S(=O)(Cc1cccnc1)NCCc1ccccn1. The van der Waals surface area contributed by atoms with Crippen molar-refractivity contribution in [3.63, 3.8) is 0 Å². The van der Waals surface area contributed by atoms with Crippen molar-refractivity contribution in [2.45, 2.75) is 12.2 Å². The Morgan fingerprint density at radius 3 is 2.68 bits per heavy atom. The van der Waals surface area contributed by atoms with Gasteiger partial charge in [-0.25, -0.2) is 13.1 Å². The van der Waals surface area contributed by atoms with Crippen LogP contribution in [0.2, 0.25) is 0 Å². The lowest BCUT2D eigenvalue weighted by Gasteiger charge is -2.06. The minimum absolute atomic E-state index is 0.0525. The van der Waals surface area contributed by atoms with Gasteiger partial charge in [0.15, 0.2) is 0 Å². The zero-order valence-corrected chi connectivity index (χ0v) is 11.2. The summed E-state index contributed by atoms with van der Waals surface area (Å²) in [4.78, 5) is 8.03. The van der Waals surface area contributed by atoms with E-state index in [4.69, 9.17) is 0 Å². The van der Waals surface area contributed by atoms with Crippen LogP contribution in [0, 0.1) is 0 Å². The van der Waals surface area contributed by atoms with Crippen molar-refractivity contribution in [2.24, 2.45) is 0 Å². The van der Waals surface area contributed by atoms with Crippen molar-refractivity contribution in [2.75, 3.05) is 6.54 Å². The first-order chi connectivity index (χ1) is 9.16. The van der Waals surface area contributed by atoms with Crippen LogP contribution in [0.15, 0.2) is 48.9 Å². The van der Waals surface area contributed by atoms with Gasteiger partial charge in [-0.3, -0.25) is 9.97 Å². The molecule has 19 heavy (non-hydrogen) atoms. The summed E-state index contributed by atoms with van der Waals surface area (Å²) in [5.41, 5.74) is 1.54. The van der Waals surface area contributed by atoms with Crippen molar-refractivity contribution < 1.29 is 8.42 Å². The molecule has 0 radical (unpaired) electrons. The summed E-state index contributed by atoms with van der Waals surface area (Å²) in [6.07, 6.45) is 5.44. The van der Waals surface area contributed by atoms with E-state index in [-0.39, 0.29) is 5.75 Å². The number of aromatic nitrogens is 2. The summed E-state index contributed by atoms with van der Waals surface area (Å²) >= 11 is 0. The molecule has 0 fully saturated rings. The van der Waals surface area contributed by atoms with E-state index < -0.39 is 10.0 Å². The number of sulfonamides is 1. The molecule has 0 amide bonds. The highest BCUT2D eigenvalue weighted by molar-refractivity contribution is 7.88. The molecule has 2 aromatic heterocycles. The van der Waals surface area contributed by atoms with Gasteiger partial charge in [0.2, 0.25) is 10.0 Å². The van der Waals surface area contributed by atoms with Crippen molar-refractivity contribution in [1.29, 1.82) is 0 Å². The summed E-state index contributed by atoms with van der Waals surface area (Å²) < 4.78 is 26.2. The number of hydrogen-bond donors (Lipinski definition) is 1. The van der Waals surface area contributed by atoms with E-state index in [0.717, 1.165) is 5.69 Å². The monoisotopic (exact) mass is 277 g/mol. The first-order valence-corrected chi connectivity index (χ1v) is 7.57. The molecule has 0 saturated carbocycles. The number of hydrogen-bond acceptors (Lipinski definition) is 4. The van der Waals surface area contributed by atoms with Crippen LogP contribution in [0.3, 0.4) is 0 Å². The fourth-order valence-electron chi connectivity index (χ4n) is 1.63. The molecule has 1 N–H and O–H groups in total. The van der Waals surface area contributed by atoms with E-state index >= 15 is 0 Å². The first-order valence-electron chi connectivity index (χ1n) is 5.92. The van der Waals surface area contributed by atoms with Crippen LogP contribution in [0.25, 0.3) is 0 Å². The maximum absolute atomic E-state index is 11.8. The topological polar surface area (TPSA) is 72.0 Å². The Morgan fingerprint density at radius 2 is 2.00 bits per heavy atom. The molecular formula is C13H15N3O2S. The predicted octanol–water partition coefficient (Wildman–Crippen LogP) is 1.14. The van der Waals surface area contributed by atoms with Gasteiger partial charge in [-0.15, -0.1) is 0 Å². The quantitative estimate of drug-likeness (QED) is 0.859. The van der Waals surface area contributed by atoms with E-state index in [1.807, 2.05) is 18.2 Å². The van der Waals surface area contributed by atoms with Crippen molar-refractivity contribution in [3.8, 4) is 0 Å². The molecule has 0 spiro atoms. The van der Waals surface area contributed by atoms with Gasteiger partial charge in [-0.1, -0.05) is 12.1 Å². The predicted molar refractivity (Wildman–Crippen MR) is 72.8 cm³/mol. The normalized spacial score (nSPS) is 11.4. The maximum Gasteiger partial charge on any atom is 0.215 e. The van der Waals surface area contributed by atoms with Gasteiger partial charge in [-0.05, 0) is 23.8 Å². The summed E-state index contributed by atoms with van der Waals surface area (Å²) in [6, 6.07) is 9.04. The highest BCUT2D eigenvalue weighted by Gasteiger charge is 2.10. The second-order valence-corrected chi connectivity index (χ2v) is 5.89. The Bertz CT molecular complexity index is 600. The van der Waals surface area contributed by atoms with Gasteiger partial charge >= 0.3 is 0 Å². The van der Waals surface area contributed by atoms with Crippen LogP contribution in [0.1, 0.15) is 11.3 Å². The van der Waals surface area contributed by atoms with Crippen LogP contribution >= 0.6 is 0 Å². The third-order valence-electron chi connectivity index (χ3n) is 2.51. The van der Waals surface area contributed by atoms with Gasteiger partial charge in [0.25, 0.3) is 0 Å². The van der Waals surface area contributed by atoms with Gasteiger partial charge in [0.1, 0.15) is 0 Å². The summed E-state index contributed by atoms with van der Waals surface area (Å²) in [5, 5.41) is 0. The molecule has 0 unspecified atom stereocenters. The number of nitrogens with one attached hydrogen (secondary N) is 1. The minimum Gasteiger partial charge on any atom is -0.264 e. The average Bonchev–Trinajstić information content (AvgIpc) is 2.40. The van der Waals surface area contributed by atoms with Crippen LogP contribution < -0.4 is 4.72 Å². The molecule has 0 aliphatic heterocycles. The molecule has 6 heteroatoms. The standard InChI is InChI=1S/C13H15N3O2S/c17-19(18,11-12-4-3-7-14-10-12)16-9-6-13-5-1-2-8-15-13/h1-5,7-8,10,16H,6,9,11H2. The van der Waals surface area contributed by atoms with E-state index in [9.17, 15) is 8.42 Å². The smallest absolute Gasteiger partial charge is 0.215 e. The molecule has 0 bridgehead atoms. The molecule has 2 rings (SSSR count). The highest BCUT2D eigenvalue weighted by atomic mass is 32.2. The number of rotatable bonds is 6. The van der Waals surface area contributed by atoms with Crippen molar-refractivity contribution in [3.05, 3.63) is 60.2 Å². The second-order valence-electron chi connectivity index (χ2n) is 4.09. The Kier molecular flexibility index (Phi) is 4.59. The van der Waals surface area contributed by atoms with E-state index in [2.05, 4.69) is 14.7 Å². The molecule has 2 heterocycles. The Labute approximate surface area is 112 Å². The van der Waals surface area contributed by atoms with Crippen LogP contribution in [0.5, 0.6) is 0 Å². The lowest BCUT2D eigenvalue weighted by atomic mass is 10.3. The maximum atomic E-state index is 11.8. The molecule has 100 valence electrons. The zero-order chi connectivity index (χ0) is 13.6. The molecule has 0 saturated heterocycles. The fraction of sp³-hybridized carbons (Fsp3) is 0.231. The summed E-state index contributed by atoms with van der Waals surface area (Å²) in [7, 11) is -3.32. The number of nitrogens with zero attached hydrogens (tertiary/aromatic N) is 2. The fourth-order valence-corrected chi connectivity index (χ4v) is 2.76. The van der Waals surface area contributed by atoms with E-state index in [0.29, 0.717) is 18.5 Å². The van der Waals surface area contributed by atoms with E-state index in [1.54, 1.807) is 30.7 Å². The summed E-state index contributed by atoms with van der Waals surface area (Å²) in [6.45, 7) is 0.347. The Balaban J connectivity index is 1.85. The molecule has 5 nitrogen and oxygen atoms in total. The summed E-state index contributed by atoms with van der Waals surface area (Å²) in [5.74, 6) is -0.0525. The van der Waals surface area contributed by atoms with E-state index in [1.165, 1.54) is 0 Å². The third kappa shape index (κ3) is 4.76. The van der Waals surface area contributed by atoms with Gasteiger partial charge in [-0.2, -0.15) is 0 Å². The van der Waals surface area contributed by atoms with Crippen LogP contribution in [-0.4, -0.2) is 24.9 Å². The number of pyridine rings is 2. The van der Waals surface area contributed by atoms with Gasteiger partial charge in [0, 0.05) is 37.3 Å². The lowest BCUT2D eigenvalue weighted by molar-refractivity contribution is 0.580. The highest BCUT2D eigenvalue weighted by Crippen LogP contribution is 2.02. The second kappa shape index (κ2) is 6.40. The Morgan fingerprint density at radius 1 is 1.11 bits per heavy atom. The Hall–Kier alpha value is -1.79. The van der Waals surface area contributed by atoms with Crippen LogP contribution in [0.4, 0.5) is 0 Å². The molecule has 0 atom stereocenters. The molecular weight excluding hydrogens is 262 g/mol. The minimum atomic E-state index is -3.32. The zero-order valence-electron chi connectivity index (χ0n) is 10.4. The third-order valence-corrected chi connectivity index (χ3v) is 3.87. The van der Waals surface area contributed by atoms with Crippen molar-refractivity contribution >= 4 is 10.0 Å². The largest absolute Gasteiger partial charge is 0.264 e. The van der Waals surface area contributed by atoms with Crippen LogP contribution in [-0.2, 0) is 22.2 Å². The van der Waals surface area contributed by atoms with Gasteiger partial charge in [0.05, 0.1) is 5.75 Å². The van der Waals surface area contributed by atoms with Gasteiger partial charge < -0.3 is 0 Å². The lowest BCUT2D eigenvalue weighted by Crippen LogP contribution is -2.27. The van der Waals surface area contributed by atoms with Crippen molar-refractivity contribution in [1.82, 2.24) is 14.7 Å². The molecule has 0 aromatic carbocycles. The molecule has 2 aromatic rings. The molecule has 0 aliphatic rings.